The average molecular weight is 419 g/mol. The van der Waals surface area contributed by atoms with Crippen LogP contribution in [0.3, 0.4) is 0 Å². The van der Waals surface area contributed by atoms with E-state index in [1.54, 1.807) is 11.2 Å². The summed E-state index contributed by atoms with van der Waals surface area (Å²) in [5.74, 6) is 3.17. The van der Waals surface area contributed by atoms with Crippen LogP contribution in [0, 0.1) is 32.6 Å². The van der Waals surface area contributed by atoms with Gasteiger partial charge in [-0.25, -0.2) is 9.50 Å². The van der Waals surface area contributed by atoms with Gasteiger partial charge in [0.05, 0.1) is 5.69 Å². The minimum atomic E-state index is 0.459. The van der Waals surface area contributed by atoms with E-state index in [-0.39, 0.29) is 0 Å². The van der Waals surface area contributed by atoms with Gasteiger partial charge in [-0.05, 0) is 86.0 Å². The molecule has 0 aromatic carbocycles. The molecule has 3 atom stereocenters. The number of fused-ring (bicyclic) bond motifs is 4. The number of aryl methyl sites for hydroxylation is 2. The van der Waals surface area contributed by atoms with E-state index >= 15 is 0 Å². The molecule has 0 radical (unpaired) electrons. The minimum absolute atomic E-state index is 0.459. The lowest BCUT2D eigenvalue weighted by Gasteiger charge is -2.21. The molecule has 0 spiro atoms. The minimum Gasteiger partial charge on any atom is -0.346 e. The van der Waals surface area contributed by atoms with Gasteiger partial charge in [0.1, 0.15) is 11.2 Å². The van der Waals surface area contributed by atoms with Crippen LogP contribution in [0.25, 0.3) is 27.1 Å². The van der Waals surface area contributed by atoms with Crippen molar-refractivity contribution in [1.82, 2.24) is 19.6 Å². The van der Waals surface area contributed by atoms with E-state index in [1.165, 1.54) is 69.4 Å². The molecule has 2 bridgehead atoms. The quantitative estimate of drug-likeness (QED) is 0.394. The van der Waals surface area contributed by atoms with Crippen LogP contribution in [0.1, 0.15) is 78.5 Å². The first-order valence-corrected chi connectivity index (χ1v) is 12.2. The molecule has 156 valence electrons. The number of nitrogens with zero attached hydrogens (tertiary/aromatic N) is 3. The Morgan fingerprint density at radius 3 is 2.63 bits per heavy atom. The van der Waals surface area contributed by atoms with Crippen molar-refractivity contribution in [3.05, 3.63) is 39.7 Å². The Morgan fingerprint density at radius 1 is 1.10 bits per heavy atom. The lowest BCUT2D eigenvalue weighted by Crippen LogP contribution is -2.08. The smallest absolute Gasteiger partial charge is 0.158 e. The summed E-state index contributed by atoms with van der Waals surface area (Å²) < 4.78 is 1.92. The summed E-state index contributed by atoms with van der Waals surface area (Å²) in [6.07, 6.45) is 9.59. The average Bonchev–Trinajstić information content (AvgIpc) is 3.50. The van der Waals surface area contributed by atoms with Crippen LogP contribution in [0.4, 0.5) is 0 Å². The second kappa shape index (κ2) is 6.43. The van der Waals surface area contributed by atoms with Crippen molar-refractivity contribution < 1.29 is 0 Å². The third-order valence-corrected chi connectivity index (χ3v) is 9.35. The first-order valence-electron chi connectivity index (χ1n) is 11.4. The number of thiophene rings is 1. The molecule has 4 aromatic rings. The lowest BCUT2D eigenvalue weighted by molar-refractivity contribution is 0.424. The van der Waals surface area contributed by atoms with Crippen LogP contribution in [0.15, 0.2) is 12.5 Å². The van der Waals surface area contributed by atoms with Gasteiger partial charge in [0.2, 0.25) is 0 Å². The van der Waals surface area contributed by atoms with Gasteiger partial charge in [0, 0.05) is 22.0 Å². The molecule has 5 heteroatoms. The zero-order valence-corrected chi connectivity index (χ0v) is 19.4. The van der Waals surface area contributed by atoms with E-state index in [0.29, 0.717) is 5.92 Å². The Morgan fingerprint density at radius 2 is 1.93 bits per heavy atom. The Labute approximate surface area is 181 Å². The summed E-state index contributed by atoms with van der Waals surface area (Å²) in [5.41, 5.74) is 8.97. The van der Waals surface area contributed by atoms with E-state index in [4.69, 9.17) is 0 Å². The van der Waals surface area contributed by atoms with Gasteiger partial charge in [0.25, 0.3) is 0 Å². The fourth-order valence-electron chi connectivity index (χ4n) is 6.41. The summed E-state index contributed by atoms with van der Waals surface area (Å²) >= 11 is 2.03. The molecule has 0 aliphatic heterocycles. The molecule has 2 saturated carbocycles. The maximum Gasteiger partial charge on any atom is 0.158 e. The van der Waals surface area contributed by atoms with Crippen molar-refractivity contribution in [2.75, 3.05) is 0 Å². The Bertz CT molecular complexity index is 1290. The third-order valence-electron chi connectivity index (χ3n) is 8.01. The molecule has 1 unspecified atom stereocenters. The number of rotatable bonds is 3. The third kappa shape index (κ3) is 2.44. The highest BCUT2D eigenvalue weighted by molar-refractivity contribution is 7.19. The zero-order chi connectivity index (χ0) is 20.7. The monoisotopic (exact) mass is 418 g/mol. The normalized spacial score (nSPS) is 23.6. The molecule has 0 amide bonds. The largest absolute Gasteiger partial charge is 0.346 e. The van der Waals surface area contributed by atoms with Crippen LogP contribution < -0.4 is 0 Å². The molecule has 30 heavy (non-hydrogen) atoms. The highest BCUT2D eigenvalue weighted by Crippen LogP contribution is 2.56. The van der Waals surface area contributed by atoms with Crippen molar-refractivity contribution in [2.24, 2.45) is 11.8 Å². The fourth-order valence-corrected chi connectivity index (χ4v) is 7.85. The lowest BCUT2D eigenvalue weighted by atomic mass is 9.85. The van der Waals surface area contributed by atoms with Crippen molar-refractivity contribution in [1.29, 1.82) is 0 Å². The van der Waals surface area contributed by atoms with E-state index in [9.17, 15) is 0 Å². The number of H-pyrrole nitrogens is 1. The second-order valence-corrected chi connectivity index (χ2v) is 11.0. The number of aromatic amines is 1. The number of pyridine rings is 1. The summed E-state index contributed by atoms with van der Waals surface area (Å²) in [4.78, 5) is 11.3. The first kappa shape index (κ1) is 18.6. The van der Waals surface area contributed by atoms with Crippen molar-refractivity contribution in [2.45, 2.75) is 72.1 Å². The fraction of sp³-hybridized carbons (Fsp3) is 0.520. The van der Waals surface area contributed by atoms with Gasteiger partial charge in [-0.15, -0.1) is 11.3 Å². The van der Waals surface area contributed by atoms with E-state index in [0.717, 1.165) is 23.4 Å². The SMILES string of the molecule is Cc1c(-c2[nH]c3sc([C@H]4CC5CC[C@H]4C5)c(C)c3c2C(C)C)cn2ncnc2c1C. The van der Waals surface area contributed by atoms with Crippen molar-refractivity contribution in [3.63, 3.8) is 0 Å². The van der Waals surface area contributed by atoms with E-state index < -0.39 is 0 Å². The van der Waals surface area contributed by atoms with Gasteiger partial charge in [-0.3, -0.25) is 0 Å². The molecule has 2 aliphatic carbocycles. The molecule has 1 N–H and O–H groups in total. The molecule has 0 saturated heterocycles. The molecular formula is C25H30N4S. The van der Waals surface area contributed by atoms with Crippen LogP contribution >= 0.6 is 11.3 Å². The molecule has 2 aliphatic rings. The number of nitrogens with one attached hydrogen (secondary N) is 1. The standard InChI is InChI=1S/C25H30N4S/c1-12(2)20-21-15(5)23(18-9-16-6-7-17(18)8-16)30-25(21)28-22(20)19-10-29-24(26-11-27-29)14(4)13(19)3/h10-12,16-18,28H,6-9H2,1-5H3/t16?,17-,18-/m0/s1. The highest BCUT2D eigenvalue weighted by Gasteiger charge is 2.42. The summed E-state index contributed by atoms with van der Waals surface area (Å²) in [7, 11) is 0. The topological polar surface area (TPSA) is 46.0 Å². The molecule has 4 nitrogen and oxygen atoms in total. The molecule has 6 rings (SSSR count). The molecule has 4 aromatic heterocycles. The van der Waals surface area contributed by atoms with Crippen LogP contribution in [-0.4, -0.2) is 19.6 Å². The summed E-state index contributed by atoms with van der Waals surface area (Å²) in [5, 5.41) is 5.91. The van der Waals surface area contributed by atoms with Crippen LogP contribution in [-0.2, 0) is 0 Å². The maximum absolute atomic E-state index is 4.44. The number of hydrogen-bond donors (Lipinski definition) is 1. The number of hydrogen-bond acceptors (Lipinski definition) is 3. The van der Waals surface area contributed by atoms with E-state index in [1.807, 2.05) is 15.9 Å². The first-order chi connectivity index (χ1) is 14.4. The Kier molecular flexibility index (Phi) is 3.99. The Balaban J connectivity index is 1.56. The zero-order valence-electron chi connectivity index (χ0n) is 18.5. The molecular weight excluding hydrogens is 388 g/mol. The van der Waals surface area contributed by atoms with E-state index in [2.05, 4.69) is 55.9 Å². The molecule has 2 fully saturated rings. The maximum atomic E-state index is 4.44. The summed E-state index contributed by atoms with van der Waals surface area (Å²) in [6.45, 7) is 11.4. The van der Waals surface area contributed by atoms with Crippen LogP contribution in [0.2, 0.25) is 0 Å². The Hall–Kier alpha value is -2.14. The van der Waals surface area contributed by atoms with Gasteiger partial charge >= 0.3 is 0 Å². The number of aromatic nitrogens is 4. The molecule has 4 heterocycles. The van der Waals surface area contributed by atoms with Gasteiger partial charge < -0.3 is 4.98 Å². The highest BCUT2D eigenvalue weighted by atomic mass is 32.1. The summed E-state index contributed by atoms with van der Waals surface area (Å²) in [6, 6.07) is 0. The van der Waals surface area contributed by atoms with Crippen molar-refractivity contribution in [3.8, 4) is 11.3 Å². The van der Waals surface area contributed by atoms with Gasteiger partial charge in [-0.2, -0.15) is 5.10 Å². The predicted molar refractivity (Wildman–Crippen MR) is 125 cm³/mol. The van der Waals surface area contributed by atoms with Crippen molar-refractivity contribution >= 4 is 27.2 Å². The second-order valence-electron chi connectivity index (χ2n) is 9.97. The van der Waals surface area contributed by atoms with Gasteiger partial charge in [-0.1, -0.05) is 20.3 Å². The predicted octanol–water partition coefficient (Wildman–Crippen LogP) is 6.89. The van der Waals surface area contributed by atoms with Gasteiger partial charge in [0.15, 0.2) is 5.65 Å². The van der Waals surface area contributed by atoms with Crippen LogP contribution in [0.5, 0.6) is 0 Å².